The predicted molar refractivity (Wildman–Crippen MR) is 71.0 cm³/mol. The molecule has 0 aromatic carbocycles. The molecule has 0 atom stereocenters. The quantitative estimate of drug-likeness (QED) is 0.856. The van der Waals surface area contributed by atoms with E-state index in [0.717, 1.165) is 24.5 Å². The minimum absolute atomic E-state index is 0.00773. The summed E-state index contributed by atoms with van der Waals surface area (Å²) in [7, 11) is 0. The molecule has 0 bridgehead atoms. The van der Waals surface area contributed by atoms with Crippen LogP contribution < -0.4 is 11.1 Å². The van der Waals surface area contributed by atoms with Gasteiger partial charge >= 0.3 is 0 Å². The van der Waals surface area contributed by atoms with Crippen molar-refractivity contribution in [1.82, 2.24) is 10.3 Å². The van der Waals surface area contributed by atoms with E-state index < -0.39 is 0 Å². The number of nitrogens with one attached hydrogen (secondary N) is 1. The van der Waals surface area contributed by atoms with Crippen LogP contribution in [-0.4, -0.2) is 16.9 Å². The van der Waals surface area contributed by atoms with Crippen LogP contribution in [-0.2, 0) is 6.54 Å². The first-order chi connectivity index (χ1) is 8.69. The van der Waals surface area contributed by atoms with Crippen LogP contribution in [0.4, 0.5) is 0 Å². The molecule has 1 aromatic rings. The summed E-state index contributed by atoms with van der Waals surface area (Å²) in [5, 5.41) is 3.10. The third kappa shape index (κ3) is 3.29. The molecule has 1 aliphatic rings. The first-order valence-corrected chi connectivity index (χ1v) is 6.65. The number of aromatic nitrogens is 1. The molecule has 1 amide bonds. The van der Waals surface area contributed by atoms with Crippen LogP contribution in [0.15, 0.2) is 18.3 Å². The molecule has 4 heteroatoms. The van der Waals surface area contributed by atoms with Gasteiger partial charge in [-0.25, -0.2) is 0 Å². The van der Waals surface area contributed by atoms with E-state index in [1.165, 1.54) is 12.8 Å². The van der Waals surface area contributed by atoms with E-state index in [0.29, 0.717) is 18.2 Å². The largest absolute Gasteiger partial charge is 0.349 e. The Kier molecular flexibility index (Phi) is 4.31. The van der Waals surface area contributed by atoms with E-state index in [1.54, 1.807) is 18.3 Å². The lowest BCUT2D eigenvalue weighted by Gasteiger charge is -2.26. The Morgan fingerprint density at radius 2 is 2.17 bits per heavy atom. The second-order valence-electron chi connectivity index (χ2n) is 5.17. The monoisotopic (exact) mass is 247 g/mol. The number of hydrogen-bond donors (Lipinski definition) is 2. The maximum Gasteiger partial charge on any atom is 0.251 e. The van der Waals surface area contributed by atoms with E-state index in [4.69, 9.17) is 5.73 Å². The molecule has 98 valence electrons. The molecule has 1 heterocycles. The van der Waals surface area contributed by atoms with Crippen molar-refractivity contribution in [3.8, 4) is 0 Å². The highest BCUT2D eigenvalue weighted by molar-refractivity contribution is 5.94. The number of amides is 1. The molecule has 4 nitrogen and oxygen atoms in total. The van der Waals surface area contributed by atoms with Gasteiger partial charge in [-0.15, -0.1) is 0 Å². The second-order valence-corrected chi connectivity index (χ2v) is 5.17. The van der Waals surface area contributed by atoms with Crippen LogP contribution >= 0.6 is 0 Å². The van der Waals surface area contributed by atoms with Crippen LogP contribution in [0, 0.1) is 5.92 Å². The van der Waals surface area contributed by atoms with Crippen LogP contribution in [0.5, 0.6) is 0 Å². The summed E-state index contributed by atoms with van der Waals surface area (Å²) < 4.78 is 0. The highest BCUT2D eigenvalue weighted by Gasteiger charge is 2.20. The molecule has 1 saturated carbocycles. The minimum atomic E-state index is -0.00773. The lowest BCUT2D eigenvalue weighted by atomic mass is 9.87. The Bertz CT molecular complexity index is 411. The maximum atomic E-state index is 12.1. The topological polar surface area (TPSA) is 68.0 Å². The molecule has 2 rings (SSSR count). The van der Waals surface area contributed by atoms with Crippen LogP contribution in [0.25, 0.3) is 0 Å². The van der Waals surface area contributed by atoms with Gasteiger partial charge in [-0.2, -0.15) is 0 Å². The van der Waals surface area contributed by atoms with Crippen molar-refractivity contribution >= 4 is 5.91 Å². The van der Waals surface area contributed by atoms with Gasteiger partial charge in [0.15, 0.2) is 0 Å². The van der Waals surface area contributed by atoms with Crippen LogP contribution in [0.1, 0.15) is 48.7 Å². The molecule has 1 fully saturated rings. The molecule has 0 radical (unpaired) electrons. The number of nitrogens with two attached hydrogens (primary N) is 1. The molecule has 1 aromatic heterocycles. The Balaban J connectivity index is 1.94. The van der Waals surface area contributed by atoms with Crippen molar-refractivity contribution in [1.29, 1.82) is 0 Å². The zero-order chi connectivity index (χ0) is 13.0. The lowest BCUT2D eigenvalue weighted by molar-refractivity contribution is 0.0923. The number of carbonyl (C=O) groups is 1. The number of nitrogens with zero attached hydrogens (tertiary/aromatic N) is 1. The molecule has 18 heavy (non-hydrogen) atoms. The molecule has 0 aliphatic heterocycles. The average molecular weight is 247 g/mol. The molecule has 3 N–H and O–H groups in total. The molecule has 1 aliphatic carbocycles. The summed E-state index contributed by atoms with van der Waals surface area (Å²) in [4.78, 5) is 16.2. The van der Waals surface area contributed by atoms with Gasteiger partial charge in [0.2, 0.25) is 0 Å². The van der Waals surface area contributed by atoms with Gasteiger partial charge in [0.1, 0.15) is 0 Å². The molecule has 0 unspecified atom stereocenters. The van der Waals surface area contributed by atoms with Crippen LogP contribution in [0.3, 0.4) is 0 Å². The van der Waals surface area contributed by atoms with Gasteiger partial charge < -0.3 is 11.1 Å². The smallest absolute Gasteiger partial charge is 0.251 e. The Morgan fingerprint density at radius 1 is 1.44 bits per heavy atom. The standard InChI is InChI=1S/C14H21N3O/c1-10-2-4-12(5-3-10)17-14(18)11-6-7-16-13(8-11)9-15/h6-8,10,12H,2-5,9,15H2,1H3,(H,17,18). The molecular weight excluding hydrogens is 226 g/mol. The van der Waals surface area contributed by atoms with Gasteiger partial charge in [0, 0.05) is 24.3 Å². The minimum Gasteiger partial charge on any atom is -0.349 e. The summed E-state index contributed by atoms with van der Waals surface area (Å²) in [6.07, 6.45) is 6.22. The maximum absolute atomic E-state index is 12.1. The van der Waals surface area contributed by atoms with Crippen molar-refractivity contribution < 1.29 is 4.79 Å². The number of pyridine rings is 1. The zero-order valence-electron chi connectivity index (χ0n) is 10.9. The van der Waals surface area contributed by atoms with E-state index in [1.807, 2.05) is 0 Å². The zero-order valence-corrected chi connectivity index (χ0v) is 10.9. The van der Waals surface area contributed by atoms with Crippen molar-refractivity contribution in [3.63, 3.8) is 0 Å². The van der Waals surface area contributed by atoms with Gasteiger partial charge in [0.05, 0.1) is 5.69 Å². The summed E-state index contributed by atoms with van der Waals surface area (Å²) in [6, 6.07) is 3.82. The number of carbonyl (C=O) groups excluding carboxylic acids is 1. The van der Waals surface area contributed by atoms with Gasteiger partial charge in [-0.3, -0.25) is 9.78 Å². The normalized spacial score (nSPS) is 23.7. The Hall–Kier alpha value is -1.42. The molecular formula is C14H21N3O. The molecule has 0 saturated heterocycles. The number of rotatable bonds is 3. The van der Waals surface area contributed by atoms with Gasteiger partial charge in [-0.1, -0.05) is 6.92 Å². The highest BCUT2D eigenvalue weighted by atomic mass is 16.1. The fourth-order valence-corrected chi connectivity index (χ4v) is 2.40. The van der Waals surface area contributed by atoms with E-state index in [2.05, 4.69) is 17.2 Å². The van der Waals surface area contributed by atoms with Crippen LogP contribution in [0.2, 0.25) is 0 Å². The Morgan fingerprint density at radius 3 is 2.83 bits per heavy atom. The summed E-state index contributed by atoms with van der Waals surface area (Å²) in [6.45, 7) is 2.64. The van der Waals surface area contributed by atoms with E-state index in [9.17, 15) is 4.79 Å². The fourth-order valence-electron chi connectivity index (χ4n) is 2.40. The predicted octanol–water partition coefficient (Wildman–Crippen LogP) is 1.85. The summed E-state index contributed by atoms with van der Waals surface area (Å²) in [5.74, 6) is 0.787. The fraction of sp³-hybridized carbons (Fsp3) is 0.571. The Labute approximate surface area is 108 Å². The van der Waals surface area contributed by atoms with E-state index >= 15 is 0 Å². The van der Waals surface area contributed by atoms with Crippen molar-refractivity contribution in [2.45, 2.75) is 45.2 Å². The van der Waals surface area contributed by atoms with Gasteiger partial charge in [0.25, 0.3) is 5.91 Å². The second kappa shape index (κ2) is 5.96. The molecule has 0 spiro atoms. The van der Waals surface area contributed by atoms with Crippen molar-refractivity contribution in [2.24, 2.45) is 11.7 Å². The van der Waals surface area contributed by atoms with Crippen molar-refractivity contribution in [3.05, 3.63) is 29.6 Å². The summed E-state index contributed by atoms with van der Waals surface area (Å²) in [5.41, 5.74) is 6.93. The summed E-state index contributed by atoms with van der Waals surface area (Å²) >= 11 is 0. The SMILES string of the molecule is CC1CCC(NC(=O)c2ccnc(CN)c2)CC1. The van der Waals surface area contributed by atoms with Crippen molar-refractivity contribution in [2.75, 3.05) is 0 Å². The highest BCUT2D eigenvalue weighted by Crippen LogP contribution is 2.23. The first-order valence-electron chi connectivity index (χ1n) is 6.65. The lowest BCUT2D eigenvalue weighted by Crippen LogP contribution is -2.37. The third-order valence-corrected chi connectivity index (χ3v) is 3.64. The average Bonchev–Trinajstić information content (AvgIpc) is 2.41. The first kappa shape index (κ1) is 13.0. The third-order valence-electron chi connectivity index (χ3n) is 3.64. The van der Waals surface area contributed by atoms with Gasteiger partial charge in [-0.05, 0) is 43.7 Å². The van der Waals surface area contributed by atoms with E-state index in [-0.39, 0.29) is 5.91 Å². The number of hydrogen-bond acceptors (Lipinski definition) is 3.